The first kappa shape index (κ1) is 18.6. The van der Waals surface area contributed by atoms with Crippen molar-refractivity contribution >= 4 is 51.0 Å². The largest absolute Gasteiger partial charge is 0.344 e. The van der Waals surface area contributed by atoms with Gasteiger partial charge in [-0.1, -0.05) is 18.2 Å². The van der Waals surface area contributed by atoms with Gasteiger partial charge in [0.25, 0.3) is 11.5 Å². The number of carbonyl (C=O) groups excluding carboxylic acids is 1. The second-order valence-corrected chi connectivity index (χ2v) is 9.38. The lowest BCUT2D eigenvalue weighted by atomic mass is 10.0. The van der Waals surface area contributed by atoms with Crippen LogP contribution >= 0.6 is 34.9 Å². The zero-order valence-corrected chi connectivity index (χ0v) is 17.4. The van der Waals surface area contributed by atoms with E-state index in [9.17, 15) is 9.59 Å². The number of hydrogen-bond acceptors (Lipinski definition) is 6. The van der Waals surface area contributed by atoms with E-state index >= 15 is 0 Å². The third-order valence-corrected chi connectivity index (χ3v) is 7.47. The molecule has 8 heteroatoms. The van der Waals surface area contributed by atoms with Crippen LogP contribution < -0.4 is 10.9 Å². The molecule has 0 spiro atoms. The highest BCUT2D eigenvalue weighted by molar-refractivity contribution is 7.99. The van der Waals surface area contributed by atoms with Crippen LogP contribution in [0.5, 0.6) is 0 Å². The number of aromatic amines is 1. The molecule has 1 amide bonds. The van der Waals surface area contributed by atoms with Crippen molar-refractivity contribution in [1.29, 1.82) is 0 Å². The topological polar surface area (TPSA) is 74.8 Å². The number of amides is 1. The third kappa shape index (κ3) is 3.53. The van der Waals surface area contributed by atoms with Gasteiger partial charge in [0.15, 0.2) is 0 Å². The highest BCUT2D eigenvalue weighted by Gasteiger charge is 2.25. The lowest BCUT2D eigenvalue weighted by Crippen LogP contribution is -2.30. The van der Waals surface area contributed by atoms with Gasteiger partial charge in [0.2, 0.25) is 0 Å². The third-order valence-electron chi connectivity index (χ3n) is 4.60. The molecule has 3 heterocycles. The summed E-state index contributed by atoms with van der Waals surface area (Å²) < 4.78 is 0. The highest BCUT2D eigenvalue weighted by atomic mass is 32.2. The second-order valence-electron chi connectivity index (χ2n) is 6.38. The molecule has 5 nitrogen and oxygen atoms in total. The van der Waals surface area contributed by atoms with Crippen LogP contribution in [0, 0.1) is 6.92 Å². The summed E-state index contributed by atoms with van der Waals surface area (Å²) >= 11 is 4.72. The van der Waals surface area contributed by atoms with Crippen LogP contribution in [0.15, 0.2) is 34.0 Å². The number of thioether (sulfide) groups is 2. The number of aryl methyl sites for hydroxylation is 1. The molecule has 1 atom stereocenters. The standard InChI is InChI=1S/C19H19N3O2S3/c1-10-15-17(23)21-14(9-25-2)22-19(15)27-16(10)18(24)20-12-7-8-26-13-6-4-3-5-11(12)13/h3-6,12H,7-9H2,1-2H3,(H,20,24)(H,21,22,23)/t12-/m0/s1. The van der Waals surface area contributed by atoms with E-state index in [0.29, 0.717) is 32.2 Å². The minimum atomic E-state index is -0.170. The molecule has 27 heavy (non-hydrogen) atoms. The SMILES string of the molecule is CSCc1nc2sc(C(=O)N[C@H]3CCSc4ccccc43)c(C)c2c(=O)[nH]1. The van der Waals surface area contributed by atoms with Crippen molar-refractivity contribution in [3.8, 4) is 0 Å². The number of fused-ring (bicyclic) bond motifs is 2. The second kappa shape index (κ2) is 7.69. The molecule has 1 aromatic carbocycles. The lowest BCUT2D eigenvalue weighted by molar-refractivity contribution is 0.0938. The minimum absolute atomic E-state index is 0.00198. The molecule has 3 aromatic rings. The summed E-state index contributed by atoms with van der Waals surface area (Å²) in [5.41, 5.74) is 1.70. The quantitative estimate of drug-likeness (QED) is 0.668. The van der Waals surface area contributed by atoms with E-state index in [1.54, 1.807) is 11.8 Å². The first-order valence-electron chi connectivity index (χ1n) is 8.62. The van der Waals surface area contributed by atoms with Gasteiger partial charge in [0, 0.05) is 10.6 Å². The predicted octanol–water partition coefficient (Wildman–Crippen LogP) is 4.12. The molecule has 1 aliphatic rings. The van der Waals surface area contributed by atoms with Crippen molar-refractivity contribution in [2.24, 2.45) is 0 Å². The molecular weight excluding hydrogens is 398 g/mol. The molecule has 0 fully saturated rings. The zero-order valence-electron chi connectivity index (χ0n) is 15.0. The van der Waals surface area contributed by atoms with Gasteiger partial charge < -0.3 is 10.3 Å². The number of thiophene rings is 1. The van der Waals surface area contributed by atoms with Gasteiger partial charge in [-0.2, -0.15) is 11.8 Å². The van der Waals surface area contributed by atoms with Crippen LogP contribution in [-0.4, -0.2) is 27.9 Å². The molecule has 0 radical (unpaired) electrons. The number of carbonyl (C=O) groups is 1. The van der Waals surface area contributed by atoms with Gasteiger partial charge in [0.1, 0.15) is 10.7 Å². The number of nitrogens with one attached hydrogen (secondary N) is 2. The van der Waals surface area contributed by atoms with Crippen LogP contribution in [0.2, 0.25) is 0 Å². The Bertz CT molecular complexity index is 1070. The Morgan fingerprint density at radius 1 is 1.41 bits per heavy atom. The Morgan fingerprint density at radius 3 is 3.04 bits per heavy atom. The molecule has 2 N–H and O–H groups in total. The Hall–Kier alpha value is -1.77. The van der Waals surface area contributed by atoms with Crippen LogP contribution in [-0.2, 0) is 5.75 Å². The Labute approximate surface area is 169 Å². The normalized spacial score (nSPS) is 16.3. The smallest absolute Gasteiger partial charge is 0.262 e. The predicted molar refractivity (Wildman–Crippen MR) is 114 cm³/mol. The van der Waals surface area contributed by atoms with Gasteiger partial charge in [-0.05, 0) is 36.8 Å². The average Bonchev–Trinajstić information content (AvgIpc) is 2.99. The summed E-state index contributed by atoms with van der Waals surface area (Å²) in [5.74, 6) is 2.13. The minimum Gasteiger partial charge on any atom is -0.344 e. The summed E-state index contributed by atoms with van der Waals surface area (Å²) in [7, 11) is 0. The average molecular weight is 418 g/mol. The molecule has 4 rings (SSSR count). The van der Waals surface area contributed by atoms with E-state index in [4.69, 9.17) is 0 Å². The van der Waals surface area contributed by atoms with E-state index in [2.05, 4.69) is 27.4 Å². The van der Waals surface area contributed by atoms with Crippen molar-refractivity contribution in [3.63, 3.8) is 0 Å². The van der Waals surface area contributed by atoms with E-state index in [-0.39, 0.29) is 17.5 Å². The fourth-order valence-electron chi connectivity index (χ4n) is 3.33. The maximum atomic E-state index is 13.0. The summed E-state index contributed by atoms with van der Waals surface area (Å²) in [6.07, 6.45) is 2.86. The number of aromatic nitrogens is 2. The van der Waals surface area contributed by atoms with Crippen molar-refractivity contribution < 1.29 is 4.79 Å². The molecule has 0 saturated carbocycles. The summed E-state index contributed by atoms with van der Waals surface area (Å²) in [5, 5.41) is 3.69. The van der Waals surface area contributed by atoms with Crippen molar-refractivity contribution in [2.45, 2.75) is 30.0 Å². The van der Waals surface area contributed by atoms with E-state index in [0.717, 1.165) is 12.2 Å². The van der Waals surface area contributed by atoms with Crippen molar-refractivity contribution in [2.75, 3.05) is 12.0 Å². The van der Waals surface area contributed by atoms with Crippen molar-refractivity contribution in [1.82, 2.24) is 15.3 Å². The fraction of sp³-hybridized carbons (Fsp3) is 0.316. The van der Waals surface area contributed by atoms with Crippen LogP contribution in [0.4, 0.5) is 0 Å². The highest BCUT2D eigenvalue weighted by Crippen LogP contribution is 2.36. The Morgan fingerprint density at radius 2 is 2.22 bits per heavy atom. The first-order chi connectivity index (χ1) is 13.1. The molecule has 0 saturated heterocycles. The number of benzene rings is 1. The molecular formula is C19H19N3O2S3. The molecule has 1 aliphatic heterocycles. The molecule has 0 unspecified atom stereocenters. The lowest BCUT2D eigenvalue weighted by Gasteiger charge is -2.25. The van der Waals surface area contributed by atoms with Gasteiger partial charge in [-0.15, -0.1) is 23.1 Å². The molecule has 0 aliphatic carbocycles. The molecule has 2 aromatic heterocycles. The maximum Gasteiger partial charge on any atom is 0.262 e. The zero-order chi connectivity index (χ0) is 19.0. The summed E-state index contributed by atoms with van der Waals surface area (Å²) in [6, 6.07) is 8.20. The molecule has 0 bridgehead atoms. The van der Waals surface area contributed by atoms with E-state index < -0.39 is 0 Å². The van der Waals surface area contributed by atoms with Gasteiger partial charge in [0.05, 0.1) is 22.1 Å². The Balaban J connectivity index is 1.67. The summed E-state index contributed by atoms with van der Waals surface area (Å²) in [6.45, 7) is 1.82. The maximum absolute atomic E-state index is 13.0. The fourth-order valence-corrected chi connectivity index (χ4v) is 5.97. The van der Waals surface area contributed by atoms with Crippen LogP contribution in [0.3, 0.4) is 0 Å². The van der Waals surface area contributed by atoms with Gasteiger partial charge in [-0.3, -0.25) is 9.59 Å². The molecule has 140 valence electrons. The van der Waals surface area contributed by atoms with Crippen LogP contribution in [0.25, 0.3) is 10.2 Å². The van der Waals surface area contributed by atoms with Crippen LogP contribution in [0.1, 0.15) is 39.1 Å². The monoisotopic (exact) mass is 417 g/mol. The summed E-state index contributed by atoms with van der Waals surface area (Å²) in [4.78, 5) is 35.2. The first-order valence-corrected chi connectivity index (χ1v) is 11.8. The van der Waals surface area contributed by atoms with Gasteiger partial charge in [-0.25, -0.2) is 4.98 Å². The van der Waals surface area contributed by atoms with Gasteiger partial charge >= 0.3 is 0 Å². The number of H-pyrrole nitrogens is 1. The van der Waals surface area contributed by atoms with Crippen molar-refractivity contribution in [3.05, 3.63) is 56.4 Å². The van der Waals surface area contributed by atoms with E-state index in [1.807, 2.05) is 37.1 Å². The van der Waals surface area contributed by atoms with E-state index in [1.165, 1.54) is 21.8 Å². The Kier molecular flexibility index (Phi) is 5.29. The number of rotatable bonds is 4. The number of hydrogen-bond donors (Lipinski definition) is 2. The number of nitrogens with zero attached hydrogens (tertiary/aromatic N) is 1.